The molecule has 2 atom stereocenters. The molecule has 0 aromatic carbocycles. The number of hydrogen-bond donors (Lipinski definition) is 2. The predicted molar refractivity (Wildman–Crippen MR) is 81.1 cm³/mol. The summed E-state index contributed by atoms with van der Waals surface area (Å²) < 4.78 is 0. The zero-order chi connectivity index (χ0) is 15.5. The maximum Gasteiger partial charge on any atom is 0.317 e. The molecule has 5 nitrogen and oxygen atoms in total. The van der Waals surface area contributed by atoms with E-state index in [9.17, 15) is 14.7 Å². The molecule has 1 aliphatic carbocycles. The van der Waals surface area contributed by atoms with Crippen LogP contribution >= 0.6 is 0 Å². The smallest absolute Gasteiger partial charge is 0.317 e. The average Bonchev–Trinajstić information content (AvgIpc) is 2.84. The third kappa shape index (κ3) is 4.11. The van der Waals surface area contributed by atoms with Crippen LogP contribution in [-0.4, -0.2) is 41.1 Å². The number of aliphatic carboxylic acids is 1. The Bertz CT molecular complexity index is 393. The van der Waals surface area contributed by atoms with Gasteiger partial charge in [0, 0.05) is 19.1 Å². The number of nitrogens with one attached hydrogen (secondary N) is 1. The topological polar surface area (TPSA) is 69.6 Å². The molecule has 0 radical (unpaired) electrons. The van der Waals surface area contributed by atoms with Crippen molar-refractivity contribution in [3.63, 3.8) is 0 Å². The van der Waals surface area contributed by atoms with Crippen LogP contribution in [0.3, 0.4) is 0 Å². The van der Waals surface area contributed by atoms with Crippen molar-refractivity contribution in [3.8, 4) is 0 Å². The maximum absolute atomic E-state index is 12.2. The van der Waals surface area contributed by atoms with E-state index in [-0.39, 0.29) is 12.1 Å². The SMILES string of the molecule is C[C@H](CC1CCCCC1)NC(=O)N1CCC(C)(C(=O)O)C1. The molecule has 21 heavy (non-hydrogen) atoms. The van der Waals surface area contributed by atoms with Crippen molar-refractivity contribution in [2.75, 3.05) is 13.1 Å². The standard InChI is InChI=1S/C16H28N2O3/c1-12(10-13-6-4-3-5-7-13)17-15(21)18-9-8-16(2,11-18)14(19)20/h12-13H,3-11H2,1-2H3,(H,17,21)(H,19,20)/t12-,16?/m1/s1. The third-order valence-electron chi connectivity index (χ3n) is 5.06. The highest BCUT2D eigenvalue weighted by Crippen LogP contribution is 2.30. The number of hydrogen-bond acceptors (Lipinski definition) is 2. The summed E-state index contributed by atoms with van der Waals surface area (Å²) in [5, 5.41) is 12.3. The molecule has 1 unspecified atom stereocenters. The zero-order valence-corrected chi connectivity index (χ0v) is 13.2. The molecule has 2 N–H and O–H groups in total. The molecule has 2 amide bonds. The van der Waals surface area contributed by atoms with Gasteiger partial charge in [0.05, 0.1) is 5.41 Å². The summed E-state index contributed by atoms with van der Waals surface area (Å²) in [7, 11) is 0. The minimum atomic E-state index is -0.812. The fraction of sp³-hybridized carbons (Fsp3) is 0.875. The Morgan fingerprint density at radius 3 is 2.57 bits per heavy atom. The first-order valence-corrected chi connectivity index (χ1v) is 8.19. The molecule has 0 bridgehead atoms. The van der Waals surface area contributed by atoms with E-state index in [1.807, 2.05) is 0 Å². The third-order valence-corrected chi connectivity index (χ3v) is 5.06. The van der Waals surface area contributed by atoms with Crippen molar-refractivity contribution in [3.05, 3.63) is 0 Å². The average molecular weight is 296 g/mol. The van der Waals surface area contributed by atoms with E-state index in [4.69, 9.17) is 0 Å². The van der Waals surface area contributed by atoms with Gasteiger partial charge in [0.1, 0.15) is 0 Å². The van der Waals surface area contributed by atoms with Crippen LogP contribution in [0.15, 0.2) is 0 Å². The lowest BCUT2D eigenvalue weighted by Gasteiger charge is -2.27. The fourth-order valence-electron chi connectivity index (χ4n) is 3.59. The molecular weight excluding hydrogens is 268 g/mol. The van der Waals surface area contributed by atoms with Crippen molar-refractivity contribution in [1.29, 1.82) is 0 Å². The molecule has 1 saturated carbocycles. The van der Waals surface area contributed by atoms with Gasteiger partial charge in [-0.25, -0.2) is 4.79 Å². The second-order valence-corrected chi connectivity index (χ2v) is 7.13. The van der Waals surface area contributed by atoms with Crippen molar-refractivity contribution >= 4 is 12.0 Å². The summed E-state index contributed by atoms with van der Waals surface area (Å²) >= 11 is 0. The molecular formula is C16H28N2O3. The van der Waals surface area contributed by atoms with Gasteiger partial charge < -0.3 is 15.3 Å². The highest BCUT2D eigenvalue weighted by Gasteiger charge is 2.42. The Hall–Kier alpha value is -1.26. The van der Waals surface area contributed by atoms with Gasteiger partial charge in [0.2, 0.25) is 0 Å². The van der Waals surface area contributed by atoms with E-state index >= 15 is 0 Å². The molecule has 0 aromatic rings. The minimum absolute atomic E-state index is 0.108. The van der Waals surface area contributed by atoms with Gasteiger partial charge in [-0.2, -0.15) is 0 Å². The number of rotatable bonds is 4. The number of carboxylic acid groups (broad SMARTS) is 1. The minimum Gasteiger partial charge on any atom is -0.481 e. The summed E-state index contributed by atoms with van der Waals surface area (Å²) in [6.07, 6.45) is 8.10. The van der Waals surface area contributed by atoms with Gasteiger partial charge >= 0.3 is 12.0 Å². The largest absolute Gasteiger partial charge is 0.481 e. The lowest BCUT2D eigenvalue weighted by Crippen LogP contribution is -2.44. The molecule has 1 saturated heterocycles. The van der Waals surface area contributed by atoms with Crippen LogP contribution in [-0.2, 0) is 4.79 Å². The number of urea groups is 1. The van der Waals surface area contributed by atoms with Crippen LogP contribution < -0.4 is 5.32 Å². The maximum atomic E-state index is 12.2. The number of nitrogens with zero attached hydrogens (tertiary/aromatic N) is 1. The second kappa shape index (κ2) is 6.67. The summed E-state index contributed by atoms with van der Waals surface area (Å²) in [6, 6.07) is 0.0561. The lowest BCUT2D eigenvalue weighted by atomic mass is 9.85. The Kier molecular flexibility index (Phi) is 5.12. The predicted octanol–water partition coefficient (Wildman–Crippen LogP) is 2.85. The summed E-state index contributed by atoms with van der Waals surface area (Å²) in [6.45, 7) is 4.61. The van der Waals surface area contributed by atoms with E-state index in [1.54, 1.807) is 11.8 Å². The van der Waals surface area contributed by atoms with Gasteiger partial charge in [-0.1, -0.05) is 32.1 Å². The van der Waals surface area contributed by atoms with Crippen molar-refractivity contribution < 1.29 is 14.7 Å². The van der Waals surface area contributed by atoms with Crippen LogP contribution in [0.5, 0.6) is 0 Å². The Morgan fingerprint density at radius 2 is 2.00 bits per heavy atom. The molecule has 1 aliphatic heterocycles. The van der Waals surface area contributed by atoms with Crippen LogP contribution in [0, 0.1) is 11.3 Å². The van der Waals surface area contributed by atoms with E-state index in [0.717, 1.165) is 12.3 Å². The fourth-order valence-corrected chi connectivity index (χ4v) is 3.59. The number of amides is 2. The van der Waals surface area contributed by atoms with E-state index < -0.39 is 11.4 Å². The molecule has 0 spiro atoms. The first-order chi connectivity index (χ1) is 9.90. The Balaban J connectivity index is 1.77. The van der Waals surface area contributed by atoms with Gasteiger partial charge in [0.15, 0.2) is 0 Å². The first-order valence-electron chi connectivity index (χ1n) is 8.19. The van der Waals surface area contributed by atoms with Crippen molar-refractivity contribution in [2.24, 2.45) is 11.3 Å². The van der Waals surface area contributed by atoms with E-state index in [1.165, 1.54) is 32.1 Å². The van der Waals surface area contributed by atoms with Gasteiger partial charge in [-0.3, -0.25) is 4.79 Å². The highest BCUT2D eigenvalue weighted by atomic mass is 16.4. The number of likely N-dealkylation sites (tertiary alicyclic amines) is 1. The Labute approximate surface area is 127 Å². The lowest BCUT2D eigenvalue weighted by molar-refractivity contribution is -0.146. The van der Waals surface area contributed by atoms with Crippen LogP contribution in [0.4, 0.5) is 4.79 Å². The molecule has 120 valence electrons. The number of carbonyl (C=O) groups excluding carboxylic acids is 1. The highest BCUT2D eigenvalue weighted by molar-refractivity contribution is 5.79. The van der Waals surface area contributed by atoms with E-state index in [0.29, 0.717) is 19.5 Å². The van der Waals surface area contributed by atoms with Crippen molar-refractivity contribution in [2.45, 2.75) is 64.8 Å². The number of carbonyl (C=O) groups is 2. The van der Waals surface area contributed by atoms with Gasteiger partial charge in [-0.15, -0.1) is 0 Å². The monoisotopic (exact) mass is 296 g/mol. The van der Waals surface area contributed by atoms with Gasteiger partial charge in [0.25, 0.3) is 0 Å². The molecule has 5 heteroatoms. The second-order valence-electron chi connectivity index (χ2n) is 7.13. The zero-order valence-electron chi connectivity index (χ0n) is 13.2. The Morgan fingerprint density at radius 1 is 1.33 bits per heavy atom. The van der Waals surface area contributed by atoms with Gasteiger partial charge in [-0.05, 0) is 32.6 Å². The normalized spacial score (nSPS) is 28.4. The molecule has 2 rings (SSSR count). The summed E-state index contributed by atoms with van der Waals surface area (Å²) in [5.41, 5.74) is -0.788. The summed E-state index contributed by atoms with van der Waals surface area (Å²) in [4.78, 5) is 25.1. The molecule has 2 fully saturated rings. The number of carboxylic acids is 1. The van der Waals surface area contributed by atoms with E-state index in [2.05, 4.69) is 12.2 Å². The quantitative estimate of drug-likeness (QED) is 0.838. The molecule has 1 heterocycles. The molecule has 0 aromatic heterocycles. The summed E-state index contributed by atoms with van der Waals surface area (Å²) in [5.74, 6) is -0.0787. The first kappa shape index (κ1) is 16.1. The molecule has 2 aliphatic rings. The van der Waals surface area contributed by atoms with Crippen LogP contribution in [0.25, 0.3) is 0 Å². The van der Waals surface area contributed by atoms with Crippen LogP contribution in [0.2, 0.25) is 0 Å². The van der Waals surface area contributed by atoms with Crippen molar-refractivity contribution in [1.82, 2.24) is 10.2 Å². The van der Waals surface area contributed by atoms with Crippen LogP contribution in [0.1, 0.15) is 58.8 Å².